The average Bonchev–Trinajstić information content (AvgIpc) is 3.07. The zero-order chi connectivity index (χ0) is 22.9. The van der Waals surface area contributed by atoms with Crippen LogP contribution in [0.3, 0.4) is 0 Å². The van der Waals surface area contributed by atoms with Gasteiger partial charge in [0.05, 0.1) is 12.1 Å². The maximum atomic E-state index is 13.4. The Hall–Kier alpha value is -2.88. The number of benzene rings is 1. The summed E-state index contributed by atoms with van der Waals surface area (Å²) in [6, 6.07) is 5.66. The van der Waals surface area contributed by atoms with E-state index < -0.39 is 11.7 Å². The fraction of sp³-hybridized carbons (Fsp3) is 0.500. The van der Waals surface area contributed by atoms with Gasteiger partial charge in [0.1, 0.15) is 0 Å². The Kier molecular flexibility index (Phi) is 6.23. The first-order valence-corrected chi connectivity index (χ1v) is 10.8. The molecule has 3 N–H and O–H groups in total. The van der Waals surface area contributed by atoms with Crippen LogP contribution in [0.25, 0.3) is 0 Å². The number of rotatable bonds is 3. The van der Waals surface area contributed by atoms with Crippen molar-refractivity contribution in [1.29, 1.82) is 0 Å². The minimum Gasteiger partial charge on any atom is -0.337 e. The highest BCUT2D eigenvalue weighted by molar-refractivity contribution is 5.94. The number of hydrogen-bond acceptors (Lipinski definition) is 4. The first kappa shape index (κ1) is 22.3. The Morgan fingerprint density at radius 1 is 1.12 bits per heavy atom. The number of alkyl halides is 3. The summed E-state index contributed by atoms with van der Waals surface area (Å²) in [5.41, 5.74) is 7.02. The second-order valence-electron chi connectivity index (χ2n) is 8.30. The zero-order valence-corrected chi connectivity index (χ0v) is 17.6. The van der Waals surface area contributed by atoms with Crippen molar-refractivity contribution < 1.29 is 22.8 Å². The number of aryl methyl sites for hydroxylation is 1. The van der Waals surface area contributed by atoms with Crippen LogP contribution in [0.4, 0.5) is 13.2 Å². The molecule has 2 aromatic rings. The molecule has 4 rings (SSSR count). The van der Waals surface area contributed by atoms with Crippen molar-refractivity contribution in [3.63, 3.8) is 0 Å². The predicted octanol–water partition coefficient (Wildman–Crippen LogP) is 2.68. The molecule has 1 fully saturated rings. The van der Waals surface area contributed by atoms with E-state index in [1.807, 2.05) is 0 Å². The number of nitrogens with two attached hydrogens (primary N) is 1. The monoisotopic (exact) mass is 449 g/mol. The van der Waals surface area contributed by atoms with Crippen molar-refractivity contribution in [3.05, 3.63) is 52.3 Å². The Labute approximate surface area is 183 Å². The normalized spacial score (nSPS) is 17.8. The summed E-state index contributed by atoms with van der Waals surface area (Å²) in [5, 5.41) is 7.15. The van der Waals surface area contributed by atoms with E-state index in [2.05, 4.69) is 10.2 Å². The van der Waals surface area contributed by atoms with Gasteiger partial charge in [0.25, 0.3) is 5.91 Å². The van der Waals surface area contributed by atoms with Crippen LogP contribution in [0.2, 0.25) is 0 Å². The summed E-state index contributed by atoms with van der Waals surface area (Å²) < 4.78 is 40.2. The molecule has 2 aliphatic heterocycles. The number of nitrogens with one attached hydrogen (secondary N) is 1. The minimum absolute atomic E-state index is 0.0939. The maximum absolute atomic E-state index is 13.4. The molecule has 32 heavy (non-hydrogen) atoms. The highest BCUT2D eigenvalue weighted by atomic mass is 19.4. The Morgan fingerprint density at radius 3 is 2.53 bits per heavy atom. The molecule has 0 atom stereocenters. The fourth-order valence-electron chi connectivity index (χ4n) is 4.67. The van der Waals surface area contributed by atoms with Gasteiger partial charge in [-0.3, -0.25) is 14.7 Å². The number of piperidine rings is 1. The van der Waals surface area contributed by atoms with Crippen LogP contribution < -0.4 is 5.73 Å². The van der Waals surface area contributed by atoms with Crippen molar-refractivity contribution in [2.24, 2.45) is 5.73 Å². The van der Waals surface area contributed by atoms with Crippen molar-refractivity contribution in [3.8, 4) is 0 Å². The Bertz CT molecular complexity index is 996. The molecule has 0 spiro atoms. The second-order valence-corrected chi connectivity index (χ2v) is 8.30. The number of carbonyl (C=O) groups excluding carboxylic acids is 2. The number of aromatic amines is 1. The molecule has 1 aromatic heterocycles. The van der Waals surface area contributed by atoms with Crippen LogP contribution in [0.1, 0.15) is 58.1 Å². The molecule has 172 valence electrons. The number of carbonyl (C=O) groups is 2. The van der Waals surface area contributed by atoms with Gasteiger partial charge in [0.15, 0.2) is 5.69 Å². The summed E-state index contributed by atoms with van der Waals surface area (Å²) in [6.07, 6.45) is -2.08. The molecule has 2 amide bonds. The lowest BCUT2D eigenvalue weighted by Crippen LogP contribution is -2.39. The van der Waals surface area contributed by atoms with Crippen molar-refractivity contribution >= 4 is 11.8 Å². The molecule has 7 nitrogen and oxygen atoms in total. The molecular formula is C22H26F3N5O2. The van der Waals surface area contributed by atoms with Gasteiger partial charge in [-0.05, 0) is 43.2 Å². The molecule has 0 bridgehead atoms. The van der Waals surface area contributed by atoms with E-state index in [0.717, 1.165) is 18.2 Å². The quantitative estimate of drug-likeness (QED) is 0.753. The number of likely N-dealkylation sites (tertiary alicyclic amines) is 1. The summed E-state index contributed by atoms with van der Waals surface area (Å²) in [5.74, 6) is -0.695. The Morgan fingerprint density at radius 2 is 1.84 bits per heavy atom. The van der Waals surface area contributed by atoms with Crippen LogP contribution in [-0.2, 0) is 23.9 Å². The van der Waals surface area contributed by atoms with E-state index in [1.165, 1.54) is 12.1 Å². The highest BCUT2D eigenvalue weighted by Crippen LogP contribution is 2.38. The highest BCUT2D eigenvalue weighted by Gasteiger charge is 2.37. The van der Waals surface area contributed by atoms with E-state index in [0.29, 0.717) is 44.5 Å². The van der Waals surface area contributed by atoms with Crippen molar-refractivity contribution in [2.75, 3.05) is 26.2 Å². The van der Waals surface area contributed by atoms with Crippen LogP contribution >= 0.6 is 0 Å². The smallest absolute Gasteiger partial charge is 0.337 e. The van der Waals surface area contributed by atoms with Crippen LogP contribution in [0.5, 0.6) is 0 Å². The standard InChI is InChI=1S/C22H26F3N5O2/c23-22(24,25)17-5-2-1-4-15(17)14-7-10-29(11-8-14)21(32)20-16-13-30(19(31)12-26)9-3-6-18(16)27-28-20/h1-2,4-5,14H,3,6-13,26H2,(H,27,28). The number of hydrogen-bond donors (Lipinski definition) is 2. The molecule has 1 saturated heterocycles. The average molecular weight is 449 g/mol. The topological polar surface area (TPSA) is 95.3 Å². The third-order valence-electron chi connectivity index (χ3n) is 6.37. The molecule has 0 radical (unpaired) electrons. The number of nitrogens with zero attached hydrogens (tertiary/aromatic N) is 3. The van der Waals surface area contributed by atoms with E-state index in [1.54, 1.807) is 15.9 Å². The minimum atomic E-state index is -4.40. The van der Waals surface area contributed by atoms with E-state index >= 15 is 0 Å². The van der Waals surface area contributed by atoms with Gasteiger partial charge in [-0.2, -0.15) is 18.3 Å². The van der Waals surface area contributed by atoms with Crippen molar-refractivity contribution in [2.45, 2.75) is 44.3 Å². The van der Waals surface area contributed by atoms with Gasteiger partial charge >= 0.3 is 6.18 Å². The van der Waals surface area contributed by atoms with Crippen LogP contribution in [0.15, 0.2) is 24.3 Å². The molecule has 0 unspecified atom stereocenters. The summed E-state index contributed by atoms with van der Waals surface area (Å²) >= 11 is 0. The van der Waals surface area contributed by atoms with Crippen LogP contribution in [0, 0.1) is 0 Å². The number of H-pyrrole nitrogens is 1. The SMILES string of the molecule is NCC(=O)N1CCCc2[nH]nc(C(=O)N3CCC(c4ccccc4C(F)(F)F)CC3)c2C1. The lowest BCUT2D eigenvalue weighted by molar-refractivity contribution is -0.138. The molecule has 0 aliphatic carbocycles. The summed E-state index contributed by atoms with van der Waals surface area (Å²) in [6.45, 7) is 1.45. The molecule has 10 heteroatoms. The maximum Gasteiger partial charge on any atom is 0.416 e. The van der Waals surface area contributed by atoms with Gasteiger partial charge in [0.2, 0.25) is 5.91 Å². The number of halogens is 3. The number of amides is 2. The van der Waals surface area contributed by atoms with Gasteiger partial charge in [-0.1, -0.05) is 18.2 Å². The van der Waals surface area contributed by atoms with E-state index in [9.17, 15) is 22.8 Å². The number of aromatic nitrogens is 2. The number of fused-ring (bicyclic) bond motifs is 1. The zero-order valence-electron chi connectivity index (χ0n) is 17.6. The predicted molar refractivity (Wildman–Crippen MR) is 111 cm³/mol. The Balaban J connectivity index is 1.48. The lowest BCUT2D eigenvalue weighted by atomic mass is 9.86. The fourth-order valence-corrected chi connectivity index (χ4v) is 4.67. The van der Waals surface area contributed by atoms with Gasteiger partial charge in [-0.25, -0.2) is 0 Å². The lowest BCUT2D eigenvalue weighted by Gasteiger charge is -2.33. The molecule has 0 saturated carbocycles. The van der Waals surface area contributed by atoms with Crippen molar-refractivity contribution in [1.82, 2.24) is 20.0 Å². The van der Waals surface area contributed by atoms with E-state index in [4.69, 9.17) is 5.73 Å². The molecule has 2 aliphatic rings. The largest absolute Gasteiger partial charge is 0.416 e. The second kappa shape index (κ2) is 8.93. The molecule has 3 heterocycles. The third kappa shape index (κ3) is 4.36. The first-order valence-electron chi connectivity index (χ1n) is 10.8. The van der Waals surface area contributed by atoms with Gasteiger partial charge in [-0.15, -0.1) is 0 Å². The summed E-state index contributed by atoms with van der Waals surface area (Å²) in [7, 11) is 0. The van der Waals surface area contributed by atoms with Gasteiger partial charge in [0, 0.05) is 37.4 Å². The third-order valence-corrected chi connectivity index (χ3v) is 6.37. The summed E-state index contributed by atoms with van der Waals surface area (Å²) in [4.78, 5) is 28.6. The van der Waals surface area contributed by atoms with Crippen LogP contribution in [-0.4, -0.2) is 58.0 Å². The first-order chi connectivity index (χ1) is 15.3. The van der Waals surface area contributed by atoms with Gasteiger partial charge < -0.3 is 15.5 Å². The molecule has 1 aromatic carbocycles. The molecular weight excluding hydrogens is 423 g/mol. The van der Waals surface area contributed by atoms with E-state index in [-0.39, 0.29) is 42.1 Å².